The number of ether oxygens (including phenoxy) is 2. The van der Waals surface area contributed by atoms with Crippen LogP contribution < -0.4 is 9.47 Å². The van der Waals surface area contributed by atoms with Gasteiger partial charge in [0.1, 0.15) is 0 Å². The lowest BCUT2D eigenvalue weighted by molar-refractivity contribution is 0.139. The fraction of sp³-hybridized carbons (Fsp3) is 0.250. The van der Waals surface area contributed by atoms with Crippen molar-refractivity contribution < 1.29 is 14.6 Å². The quantitative estimate of drug-likeness (QED) is 0.864. The summed E-state index contributed by atoms with van der Waals surface area (Å²) in [5.41, 5.74) is 0.908. The minimum absolute atomic E-state index is 0.441. The van der Waals surface area contributed by atoms with Crippen molar-refractivity contribution in [2.45, 2.75) is 12.5 Å². The van der Waals surface area contributed by atoms with Crippen molar-refractivity contribution in [3.63, 3.8) is 0 Å². The Morgan fingerprint density at radius 1 is 0.947 bits per heavy atom. The van der Waals surface area contributed by atoms with E-state index in [4.69, 9.17) is 9.47 Å². The van der Waals surface area contributed by atoms with Gasteiger partial charge in [-0.25, -0.2) is 0 Å². The predicted molar refractivity (Wildman–Crippen MR) is 74.5 cm³/mol. The van der Waals surface area contributed by atoms with Crippen LogP contribution in [-0.4, -0.2) is 18.8 Å². The number of benzene rings is 2. The molecule has 0 aliphatic heterocycles. The minimum Gasteiger partial charge on any atom is -0.493 e. The molecule has 2 rings (SSSR count). The van der Waals surface area contributed by atoms with E-state index in [1.165, 1.54) is 0 Å². The highest BCUT2D eigenvalue weighted by atomic mass is 16.5. The Hall–Kier alpha value is -2.00. The smallest absolute Gasteiger partial charge is 0.161 e. The molecule has 3 heteroatoms. The Labute approximate surface area is 113 Å². The Kier molecular flexibility index (Phi) is 4.81. The van der Waals surface area contributed by atoms with Crippen LogP contribution in [-0.2, 0) is 0 Å². The molecule has 2 aromatic rings. The van der Waals surface area contributed by atoms with E-state index in [0.29, 0.717) is 24.5 Å². The second kappa shape index (κ2) is 6.81. The fourth-order valence-electron chi connectivity index (χ4n) is 1.86. The van der Waals surface area contributed by atoms with Crippen LogP contribution in [0.5, 0.6) is 11.5 Å². The second-order valence-corrected chi connectivity index (χ2v) is 4.21. The first-order valence-electron chi connectivity index (χ1n) is 6.30. The summed E-state index contributed by atoms with van der Waals surface area (Å²) in [6.07, 6.45) is 0.0399. The molecular weight excluding hydrogens is 240 g/mol. The SMILES string of the molecule is COc1ccccc1OCCC(O)c1ccccc1. The van der Waals surface area contributed by atoms with Gasteiger partial charge < -0.3 is 14.6 Å². The summed E-state index contributed by atoms with van der Waals surface area (Å²) in [5.74, 6) is 1.40. The van der Waals surface area contributed by atoms with E-state index >= 15 is 0 Å². The lowest BCUT2D eigenvalue weighted by Gasteiger charge is -2.13. The molecule has 0 radical (unpaired) electrons. The maximum absolute atomic E-state index is 10.0. The monoisotopic (exact) mass is 258 g/mol. The van der Waals surface area contributed by atoms with Gasteiger partial charge in [-0.05, 0) is 17.7 Å². The molecule has 3 nitrogen and oxygen atoms in total. The number of hydrogen-bond acceptors (Lipinski definition) is 3. The highest BCUT2D eigenvalue weighted by Crippen LogP contribution is 2.26. The summed E-state index contributed by atoms with van der Waals surface area (Å²) in [6, 6.07) is 17.1. The van der Waals surface area contributed by atoms with Gasteiger partial charge in [0, 0.05) is 6.42 Å². The predicted octanol–water partition coefficient (Wildman–Crippen LogP) is 3.20. The van der Waals surface area contributed by atoms with Gasteiger partial charge in [-0.1, -0.05) is 42.5 Å². The lowest BCUT2D eigenvalue weighted by atomic mass is 10.1. The van der Waals surface area contributed by atoms with E-state index in [1.54, 1.807) is 7.11 Å². The Bertz CT molecular complexity index is 496. The number of para-hydroxylation sites is 2. The van der Waals surface area contributed by atoms with Crippen molar-refractivity contribution in [2.24, 2.45) is 0 Å². The van der Waals surface area contributed by atoms with Gasteiger partial charge in [0.05, 0.1) is 19.8 Å². The molecule has 0 bridgehead atoms. The van der Waals surface area contributed by atoms with Crippen LogP contribution in [0.25, 0.3) is 0 Å². The first-order chi connectivity index (χ1) is 9.31. The third-order valence-electron chi connectivity index (χ3n) is 2.90. The van der Waals surface area contributed by atoms with Crippen LogP contribution >= 0.6 is 0 Å². The van der Waals surface area contributed by atoms with Crippen molar-refractivity contribution in [1.29, 1.82) is 0 Å². The normalized spacial score (nSPS) is 11.9. The average molecular weight is 258 g/mol. The number of aliphatic hydroxyl groups is 1. The first kappa shape index (κ1) is 13.4. The summed E-state index contributed by atoms with van der Waals surface area (Å²) in [4.78, 5) is 0. The van der Waals surface area contributed by atoms with Gasteiger partial charge in [0.2, 0.25) is 0 Å². The molecule has 0 fully saturated rings. The zero-order chi connectivity index (χ0) is 13.5. The number of methoxy groups -OCH3 is 1. The first-order valence-corrected chi connectivity index (χ1v) is 6.30. The summed E-state index contributed by atoms with van der Waals surface area (Å²) in [7, 11) is 1.61. The molecule has 2 aromatic carbocycles. The Balaban J connectivity index is 1.87. The van der Waals surface area contributed by atoms with Crippen molar-refractivity contribution in [2.75, 3.05) is 13.7 Å². The second-order valence-electron chi connectivity index (χ2n) is 4.21. The van der Waals surface area contributed by atoms with Gasteiger partial charge >= 0.3 is 0 Å². The van der Waals surface area contributed by atoms with Crippen molar-refractivity contribution in [3.05, 3.63) is 60.2 Å². The van der Waals surface area contributed by atoms with E-state index in [0.717, 1.165) is 5.56 Å². The van der Waals surface area contributed by atoms with Crippen LogP contribution in [0.2, 0.25) is 0 Å². The van der Waals surface area contributed by atoms with Crippen LogP contribution in [0.3, 0.4) is 0 Å². The standard InChI is InChI=1S/C16H18O3/c1-18-15-9-5-6-10-16(15)19-12-11-14(17)13-7-3-2-4-8-13/h2-10,14,17H,11-12H2,1H3. The van der Waals surface area contributed by atoms with Crippen LogP contribution in [0, 0.1) is 0 Å². The third-order valence-corrected chi connectivity index (χ3v) is 2.90. The zero-order valence-corrected chi connectivity index (χ0v) is 11.0. The van der Waals surface area contributed by atoms with Crippen molar-refractivity contribution in [3.8, 4) is 11.5 Å². The highest BCUT2D eigenvalue weighted by Gasteiger charge is 2.08. The molecule has 0 saturated carbocycles. The molecule has 0 spiro atoms. The molecular formula is C16H18O3. The topological polar surface area (TPSA) is 38.7 Å². The molecule has 0 heterocycles. The Morgan fingerprint density at radius 3 is 2.26 bits per heavy atom. The summed E-state index contributed by atoms with van der Waals surface area (Å²) in [5, 5.41) is 10.0. The average Bonchev–Trinajstić information content (AvgIpc) is 2.48. The van der Waals surface area contributed by atoms with E-state index in [1.807, 2.05) is 54.6 Å². The molecule has 0 aliphatic rings. The van der Waals surface area contributed by atoms with Gasteiger partial charge in [-0.15, -0.1) is 0 Å². The van der Waals surface area contributed by atoms with Gasteiger partial charge in [-0.2, -0.15) is 0 Å². The molecule has 19 heavy (non-hydrogen) atoms. The van der Waals surface area contributed by atoms with E-state index in [-0.39, 0.29) is 0 Å². The molecule has 0 aromatic heterocycles. The van der Waals surface area contributed by atoms with E-state index in [9.17, 15) is 5.11 Å². The van der Waals surface area contributed by atoms with Gasteiger partial charge in [-0.3, -0.25) is 0 Å². The Morgan fingerprint density at radius 2 is 1.58 bits per heavy atom. The third kappa shape index (κ3) is 3.73. The van der Waals surface area contributed by atoms with Crippen molar-refractivity contribution in [1.82, 2.24) is 0 Å². The van der Waals surface area contributed by atoms with Gasteiger partial charge in [0.25, 0.3) is 0 Å². The molecule has 0 amide bonds. The van der Waals surface area contributed by atoms with E-state index < -0.39 is 6.10 Å². The van der Waals surface area contributed by atoms with Crippen molar-refractivity contribution >= 4 is 0 Å². The molecule has 0 aliphatic carbocycles. The van der Waals surface area contributed by atoms with Gasteiger partial charge in [0.15, 0.2) is 11.5 Å². The summed E-state index contributed by atoms with van der Waals surface area (Å²) >= 11 is 0. The summed E-state index contributed by atoms with van der Waals surface area (Å²) in [6.45, 7) is 0.441. The number of rotatable bonds is 6. The van der Waals surface area contributed by atoms with Crippen LogP contribution in [0.1, 0.15) is 18.1 Å². The zero-order valence-electron chi connectivity index (χ0n) is 11.0. The molecule has 1 N–H and O–H groups in total. The molecule has 0 saturated heterocycles. The van der Waals surface area contributed by atoms with Crippen LogP contribution in [0.4, 0.5) is 0 Å². The molecule has 1 unspecified atom stereocenters. The largest absolute Gasteiger partial charge is 0.493 e. The maximum atomic E-state index is 10.0. The fourth-order valence-corrected chi connectivity index (χ4v) is 1.86. The maximum Gasteiger partial charge on any atom is 0.161 e. The number of aliphatic hydroxyl groups excluding tert-OH is 1. The summed E-state index contributed by atoms with van der Waals surface area (Å²) < 4.78 is 10.8. The molecule has 1 atom stereocenters. The van der Waals surface area contributed by atoms with E-state index in [2.05, 4.69) is 0 Å². The highest BCUT2D eigenvalue weighted by molar-refractivity contribution is 5.39. The lowest BCUT2D eigenvalue weighted by Crippen LogP contribution is -2.05. The minimum atomic E-state index is -0.504. The van der Waals surface area contributed by atoms with Crippen LogP contribution in [0.15, 0.2) is 54.6 Å². The molecule has 100 valence electrons. The number of hydrogen-bond donors (Lipinski definition) is 1.